The molecule has 0 fully saturated rings. The molecule has 0 spiro atoms. The van der Waals surface area contributed by atoms with E-state index < -0.39 is 18.3 Å². The molecule has 3 rings (SSSR count). The Hall–Kier alpha value is -3.78. The highest BCUT2D eigenvalue weighted by molar-refractivity contribution is 8.00. The SMILES string of the molecule is Cc1cc(NC(=O)CSCC(=O)OC/C(O)=C(\C#N)c2nc3ccccc3[nH]2)no1. The number of nitriles is 1. The Morgan fingerprint density at radius 3 is 2.87 bits per heavy atom. The Morgan fingerprint density at radius 2 is 2.17 bits per heavy atom. The number of amides is 1. The van der Waals surface area contributed by atoms with Gasteiger partial charge in [0.15, 0.2) is 17.4 Å². The fourth-order valence-corrected chi connectivity index (χ4v) is 3.03. The molecule has 0 radical (unpaired) electrons. The first-order chi connectivity index (χ1) is 14.5. The van der Waals surface area contributed by atoms with Crippen LogP contribution in [0.3, 0.4) is 0 Å². The summed E-state index contributed by atoms with van der Waals surface area (Å²) < 4.78 is 9.80. The van der Waals surface area contributed by atoms with E-state index in [-0.39, 0.29) is 28.8 Å². The first-order valence-electron chi connectivity index (χ1n) is 8.70. The van der Waals surface area contributed by atoms with Gasteiger partial charge in [-0.15, -0.1) is 11.8 Å². The van der Waals surface area contributed by atoms with Crippen LogP contribution in [0, 0.1) is 18.3 Å². The van der Waals surface area contributed by atoms with Gasteiger partial charge in [0.25, 0.3) is 0 Å². The number of anilines is 1. The smallest absolute Gasteiger partial charge is 0.316 e. The van der Waals surface area contributed by atoms with Gasteiger partial charge in [-0.2, -0.15) is 5.26 Å². The van der Waals surface area contributed by atoms with E-state index in [4.69, 9.17) is 9.26 Å². The Kier molecular flexibility index (Phi) is 6.71. The molecule has 154 valence electrons. The van der Waals surface area contributed by atoms with Crippen molar-refractivity contribution >= 4 is 46.1 Å². The predicted octanol–water partition coefficient (Wildman–Crippen LogP) is 2.57. The molecule has 0 saturated heterocycles. The predicted molar refractivity (Wildman–Crippen MR) is 109 cm³/mol. The van der Waals surface area contributed by atoms with Crippen LogP contribution in [0.4, 0.5) is 5.82 Å². The number of ether oxygens (including phenoxy) is 1. The number of rotatable bonds is 8. The summed E-state index contributed by atoms with van der Waals surface area (Å²) in [6, 6.07) is 10.6. The number of fused-ring (bicyclic) bond motifs is 1. The van der Waals surface area contributed by atoms with Crippen molar-refractivity contribution in [1.82, 2.24) is 15.1 Å². The minimum absolute atomic E-state index is 0.00522. The summed E-state index contributed by atoms with van der Waals surface area (Å²) in [6.07, 6.45) is 0. The van der Waals surface area contributed by atoms with E-state index >= 15 is 0 Å². The van der Waals surface area contributed by atoms with Crippen molar-refractivity contribution in [3.05, 3.63) is 47.7 Å². The molecule has 2 heterocycles. The topological polar surface area (TPSA) is 154 Å². The van der Waals surface area contributed by atoms with Gasteiger partial charge in [0.2, 0.25) is 5.91 Å². The minimum atomic E-state index is -0.640. The number of nitrogens with zero attached hydrogens (tertiary/aromatic N) is 3. The largest absolute Gasteiger partial charge is 0.507 e. The molecule has 3 aromatic rings. The summed E-state index contributed by atoms with van der Waals surface area (Å²) in [7, 11) is 0. The third-order valence-electron chi connectivity index (χ3n) is 3.74. The van der Waals surface area contributed by atoms with Crippen LogP contribution in [0.25, 0.3) is 16.6 Å². The lowest BCUT2D eigenvalue weighted by Crippen LogP contribution is -2.17. The summed E-state index contributed by atoms with van der Waals surface area (Å²) >= 11 is 1.03. The van der Waals surface area contributed by atoms with E-state index in [9.17, 15) is 20.0 Å². The second-order valence-electron chi connectivity index (χ2n) is 6.06. The lowest BCUT2D eigenvalue weighted by molar-refractivity contribution is -0.140. The number of para-hydroxylation sites is 2. The number of imidazole rings is 1. The van der Waals surface area contributed by atoms with Crippen LogP contribution in [0.2, 0.25) is 0 Å². The fraction of sp³-hybridized carbons (Fsp3) is 0.211. The normalized spacial score (nSPS) is 11.6. The number of benzene rings is 1. The number of nitrogens with one attached hydrogen (secondary N) is 2. The minimum Gasteiger partial charge on any atom is -0.507 e. The van der Waals surface area contributed by atoms with Gasteiger partial charge in [-0.05, 0) is 19.1 Å². The molecule has 30 heavy (non-hydrogen) atoms. The summed E-state index contributed by atoms with van der Waals surface area (Å²) in [5.74, 6) is -0.468. The van der Waals surface area contributed by atoms with Crippen LogP contribution in [0.5, 0.6) is 0 Å². The molecule has 0 saturated carbocycles. The Balaban J connectivity index is 1.48. The Labute approximate surface area is 174 Å². The third-order valence-corrected chi connectivity index (χ3v) is 4.65. The molecule has 3 N–H and O–H groups in total. The van der Waals surface area contributed by atoms with Crippen LogP contribution >= 0.6 is 11.8 Å². The number of aliphatic hydroxyl groups is 1. The molecule has 0 bridgehead atoms. The third kappa shape index (κ3) is 5.39. The Morgan fingerprint density at radius 1 is 1.37 bits per heavy atom. The molecule has 0 aliphatic rings. The molecular weight excluding hydrogens is 410 g/mol. The monoisotopic (exact) mass is 427 g/mol. The van der Waals surface area contributed by atoms with Gasteiger partial charge in [-0.1, -0.05) is 17.3 Å². The van der Waals surface area contributed by atoms with Gasteiger partial charge in [0, 0.05) is 6.07 Å². The maximum absolute atomic E-state index is 11.8. The van der Waals surface area contributed by atoms with Gasteiger partial charge in [0.05, 0.1) is 22.5 Å². The van der Waals surface area contributed by atoms with Crippen LogP contribution in [0.15, 0.2) is 40.6 Å². The van der Waals surface area contributed by atoms with Gasteiger partial charge in [0.1, 0.15) is 24.0 Å². The van der Waals surface area contributed by atoms with E-state index in [1.54, 1.807) is 31.2 Å². The number of H-pyrrole nitrogens is 1. The number of carbonyl (C=O) groups excluding carboxylic acids is 2. The Bertz CT molecular complexity index is 1110. The molecule has 11 heteroatoms. The quantitative estimate of drug-likeness (QED) is 0.279. The maximum atomic E-state index is 11.8. The van der Waals surface area contributed by atoms with Crippen molar-refractivity contribution in [3.63, 3.8) is 0 Å². The molecule has 1 aromatic carbocycles. The standard InChI is InChI=1S/C19H17N5O5S/c1-11-6-16(24-29-11)23-17(26)9-30-10-18(27)28-8-15(25)12(7-20)19-21-13-4-2-3-5-14(13)22-19/h2-6,25H,8-10H2,1H3,(H,21,22)(H,23,24,26)/b15-12-. The number of carbonyl (C=O) groups is 2. The van der Waals surface area contributed by atoms with E-state index in [1.165, 1.54) is 0 Å². The zero-order chi connectivity index (χ0) is 21.5. The van der Waals surface area contributed by atoms with Crippen LogP contribution < -0.4 is 5.32 Å². The van der Waals surface area contributed by atoms with Crippen LogP contribution in [0.1, 0.15) is 11.6 Å². The molecule has 2 aromatic heterocycles. The molecule has 0 aliphatic heterocycles. The van der Waals surface area contributed by atoms with Crippen LogP contribution in [-0.4, -0.2) is 50.2 Å². The second kappa shape index (κ2) is 9.62. The number of aryl methyl sites for hydroxylation is 1. The van der Waals surface area contributed by atoms with Crippen molar-refractivity contribution in [2.75, 3.05) is 23.4 Å². The van der Waals surface area contributed by atoms with Crippen molar-refractivity contribution in [1.29, 1.82) is 5.26 Å². The average molecular weight is 427 g/mol. The first kappa shape index (κ1) is 20.9. The van der Waals surface area contributed by atoms with Gasteiger partial charge < -0.3 is 24.7 Å². The van der Waals surface area contributed by atoms with Crippen molar-refractivity contribution in [2.45, 2.75) is 6.92 Å². The molecule has 0 atom stereocenters. The maximum Gasteiger partial charge on any atom is 0.316 e. The zero-order valence-corrected chi connectivity index (χ0v) is 16.7. The lowest BCUT2D eigenvalue weighted by atomic mass is 10.2. The summed E-state index contributed by atoms with van der Waals surface area (Å²) in [5, 5.41) is 25.7. The fourth-order valence-electron chi connectivity index (χ4n) is 2.42. The second-order valence-corrected chi connectivity index (χ2v) is 7.05. The van der Waals surface area contributed by atoms with E-state index in [1.807, 2.05) is 12.1 Å². The highest BCUT2D eigenvalue weighted by atomic mass is 32.2. The molecular formula is C19H17N5O5S. The lowest BCUT2D eigenvalue weighted by Gasteiger charge is -2.05. The number of aliphatic hydroxyl groups excluding tert-OH is 1. The van der Waals surface area contributed by atoms with Gasteiger partial charge in [-0.25, -0.2) is 4.98 Å². The highest BCUT2D eigenvalue weighted by Crippen LogP contribution is 2.19. The molecule has 0 aliphatic carbocycles. The van der Waals surface area contributed by atoms with Crippen molar-refractivity contribution < 1.29 is 24.0 Å². The van der Waals surface area contributed by atoms with E-state index in [0.29, 0.717) is 22.6 Å². The number of hydrogen-bond acceptors (Lipinski definition) is 9. The number of aromatic amines is 1. The molecule has 10 nitrogen and oxygen atoms in total. The number of hydrogen-bond donors (Lipinski definition) is 3. The summed E-state index contributed by atoms with van der Waals surface area (Å²) in [6.45, 7) is 1.22. The van der Waals surface area contributed by atoms with Gasteiger partial charge in [-0.3, -0.25) is 9.59 Å². The van der Waals surface area contributed by atoms with Gasteiger partial charge >= 0.3 is 5.97 Å². The molecule has 0 unspecified atom stereocenters. The summed E-state index contributed by atoms with van der Waals surface area (Å²) in [4.78, 5) is 30.8. The van der Waals surface area contributed by atoms with E-state index in [2.05, 4.69) is 20.4 Å². The average Bonchev–Trinajstić information content (AvgIpc) is 3.32. The van der Waals surface area contributed by atoms with Crippen molar-refractivity contribution in [3.8, 4) is 6.07 Å². The number of thioether (sulfide) groups is 1. The first-order valence-corrected chi connectivity index (χ1v) is 9.85. The molecule has 1 amide bonds. The number of aromatic nitrogens is 3. The number of allylic oxidation sites excluding steroid dienone is 1. The zero-order valence-electron chi connectivity index (χ0n) is 15.8. The summed E-state index contributed by atoms with van der Waals surface area (Å²) in [5.41, 5.74) is 1.23. The van der Waals surface area contributed by atoms with Crippen molar-refractivity contribution in [2.24, 2.45) is 0 Å². The highest BCUT2D eigenvalue weighted by Gasteiger charge is 2.15. The number of esters is 1. The van der Waals surface area contributed by atoms with Crippen LogP contribution in [-0.2, 0) is 14.3 Å². The van der Waals surface area contributed by atoms with E-state index in [0.717, 1.165) is 11.8 Å².